The van der Waals surface area contributed by atoms with Crippen molar-refractivity contribution in [3.8, 4) is 0 Å². The van der Waals surface area contributed by atoms with Crippen LogP contribution in [0.4, 0.5) is 0 Å². The van der Waals surface area contributed by atoms with E-state index in [-0.39, 0.29) is 5.41 Å². The van der Waals surface area contributed by atoms with Crippen LogP contribution < -0.4 is 0 Å². The second-order valence-electron chi connectivity index (χ2n) is 4.65. The summed E-state index contributed by atoms with van der Waals surface area (Å²) in [6.07, 6.45) is 6.23. The molecule has 13 heavy (non-hydrogen) atoms. The Morgan fingerprint density at radius 3 is 2.31 bits per heavy atom. The van der Waals surface area contributed by atoms with Gasteiger partial charge in [0.25, 0.3) is 0 Å². The first-order valence-corrected chi connectivity index (χ1v) is 5.22. The predicted octanol–water partition coefficient (Wildman–Crippen LogP) is 3.49. The van der Waals surface area contributed by atoms with Crippen molar-refractivity contribution in [2.75, 3.05) is 0 Å². The van der Waals surface area contributed by atoms with Crippen LogP contribution in [0.3, 0.4) is 0 Å². The highest BCUT2D eigenvalue weighted by molar-refractivity contribution is 5.84. The Hall–Kier alpha value is -0.590. The maximum Gasteiger partial charge on any atom is 0.139 e. The van der Waals surface area contributed by atoms with Crippen LogP contribution in [0.25, 0.3) is 0 Å². The lowest BCUT2D eigenvalue weighted by molar-refractivity contribution is -0.127. The Bertz CT molecular complexity index is 209. The van der Waals surface area contributed by atoms with Gasteiger partial charge in [0.1, 0.15) is 5.78 Å². The van der Waals surface area contributed by atoms with Crippen molar-refractivity contribution in [3.63, 3.8) is 0 Å². The van der Waals surface area contributed by atoms with Crippen molar-refractivity contribution in [2.24, 2.45) is 5.41 Å². The molecule has 0 atom stereocenters. The molecule has 0 aromatic heterocycles. The first-order valence-electron chi connectivity index (χ1n) is 5.22. The molecule has 0 aliphatic heterocycles. The molecule has 0 radical (unpaired) electrons. The zero-order chi connectivity index (χ0) is 9.90. The molecule has 0 aromatic carbocycles. The molecule has 1 saturated carbocycles. The van der Waals surface area contributed by atoms with E-state index in [1.165, 1.54) is 12.8 Å². The first-order chi connectivity index (χ1) is 6.04. The lowest BCUT2D eigenvalue weighted by Gasteiger charge is -2.21. The van der Waals surface area contributed by atoms with E-state index in [0.29, 0.717) is 12.2 Å². The van der Waals surface area contributed by atoms with Gasteiger partial charge in [-0.25, -0.2) is 0 Å². The molecular weight excluding hydrogens is 160 g/mol. The molecule has 1 aliphatic rings. The second-order valence-corrected chi connectivity index (χ2v) is 4.65. The summed E-state index contributed by atoms with van der Waals surface area (Å²) in [5.74, 6) is 0.452. The molecule has 0 N–H and O–H groups in total. The Morgan fingerprint density at radius 1 is 1.31 bits per heavy atom. The zero-order valence-corrected chi connectivity index (χ0v) is 8.86. The van der Waals surface area contributed by atoms with E-state index in [0.717, 1.165) is 24.8 Å². The highest BCUT2D eigenvalue weighted by Crippen LogP contribution is 2.39. The van der Waals surface area contributed by atoms with Crippen molar-refractivity contribution >= 4 is 5.78 Å². The standard InChI is InChI=1S/C12H20O/c1-10(2)6-7-11(13)12(3)8-4-5-9-12/h1,4-9H2,2-3H3. The third kappa shape index (κ3) is 2.68. The lowest BCUT2D eigenvalue weighted by Crippen LogP contribution is -2.23. The number of hydrogen-bond acceptors (Lipinski definition) is 1. The number of allylic oxidation sites excluding steroid dienone is 1. The molecule has 0 heterocycles. The lowest BCUT2D eigenvalue weighted by atomic mass is 9.82. The first kappa shape index (κ1) is 10.5. The van der Waals surface area contributed by atoms with E-state index in [9.17, 15) is 4.79 Å². The average Bonchev–Trinajstić information content (AvgIpc) is 2.49. The minimum Gasteiger partial charge on any atom is -0.299 e. The Morgan fingerprint density at radius 2 is 1.85 bits per heavy atom. The van der Waals surface area contributed by atoms with E-state index in [4.69, 9.17) is 0 Å². The van der Waals surface area contributed by atoms with E-state index < -0.39 is 0 Å². The van der Waals surface area contributed by atoms with Crippen molar-refractivity contribution in [2.45, 2.75) is 52.4 Å². The summed E-state index contributed by atoms with van der Waals surface area (Å²) in [6, 6.07) is 0. The summed E-state index contributed by atoms with van der Waals surface area (Å²) >= 11 is 0. The Labute approximate surface area is 81.2 Å². The molecule has 1 heteroatoms. The molecule has 0 amide bonds. The smallest absolute Gasteiger partial charge is 0.139 e. The van der Waals surface area contributed by atoms with Gasteiger partial charge >= 0.3 is 0 Å². The quantitative estimate of drug-likeness (QED) is 0.605. The molecule has 1 fully saturated rings. The number of carbonyl (C=O) groups excluding carboxylic acids is 1. The second kappa shape index (κ2) is 4.08. The maximum atomic E-state index is 11.8. The van der Waals surface area contributed by atoms with Crippen molar-refractivity contribution in [3.05, 3.63) is 12.2 Å². The van der Waals surface area contributed by atoms with Gasteiger partial charge in [-0.05, 0) is 26.2 Å². The summed E-state index contributed by atoms with van der Waals surface area (Å²) in [5.41, 5.74) is 1.13. The van der Waals surface area contributed by atoms with Crippen molar-refractivity contribution in [1.82, 2.24) is 0 Å². The zero-order valence-electron chi connectivity index (χ0n) is 8.86. The fourth-order valence-electron chi connectivity index (χ4n) is 2.06. The van der Waals surface area contributed by atoms with Gasteiger partial charge in [0.05, 0.1) is 0 Å². The number of carbonyl (C=O) groups is 1. The largest absolute Gasteiger partial charge is 0.299 e. The molecule has 0 saturated heterocycles. The van der Waals surface area contributed by atoms with Gasteiger partial charge in [-0.3, -0.25) is 4.79 Å². The van der Waals surface area contributed by atoms with Gasteiger partial charge in [-0.1, -0.05) is 25.3 Å². The number of ketones is 1. The third-order valence-electron chi connectivity index (χ3n) is 3.16. The third-order valence-corrected chi connectivity index (χ3v) is 3.16. The molecule has 0 spiro atoms. The van der Waals surface area contributed by atoms with Crippen LogP contribution in [0, 0.1) is 5.41 Å². The number of Topliss-reactive ketones (excluding diaryl/α,β-unsaturated/α-hetero) is 1. The summed E-state index contributed by atoms with van der Waals surface area (Å²) in [4.78, 5) is 11.8. The highest BCUT2D eigenvalue weighted by Gasteiger charge is 2.34. The molecule has 0 unspecified atom stereocenters. The van der Waals surface area contributed by atoms with Gasteiger partial charge in [0.15, 0.2) is 0 Å². The molecule has 1 nitrogen and oxygen atoms in total. The van der Waals surface area contributed by atoms with E-state index in [2.05, 4.69) is 13.5 Å². The van der Waals surface area contributed by atoms with Crippen molar-refractivity contribution < 1.29 is 4.79 Å². The molecular formula is C12H20O. The van der Waals surface area contributed by atoms with Crippen LogP contribution in [-0.4, -0.2) is 5.78 Å². The fourth-order valence-corrected chi connectivity index (χ4v) is 2.06. The summed E-state index contributed by atoms with van der Waals surface area (Å²) < 4.78 is 0. The molecule has 1 aliphatic carbocycles. The molecule has 74 valence electrons. The van der Waals surface area contributed by atoms with E-state index in [1.807, 2.05) is 6.92 Å². The van der Waals surface area contributed by atoms with Gasteiger partial charge in [0, 0.05) is 11.8 Å². The van der Waals surface area contributed by atoms with Crippen LogP contribution in [0.1, 0.15) is 52.4 Å². The predicted molar refractivity (Wildman–Crippen MR) is 55.6 cm³/mol. The summed E-state index contributed by atoms with van der Waals surface area (Å²) in [5, 5.41) is 0. The topological polar surface area (TPSA) is 17.1 Å². The Kier molecular flexibility index (Phi) is 3.29. The van der Waals surface area contributed by atoms with Gasteiger partial charge < -0.3 is 0 Å². The molecule has 0 aromatic rings. The van der Waals surface area contributed by atoms with Gasteiger partial charge in [-0.15, -0.1) is 6.58 Å². The van der Waals surface area contributed by atoms with Gasteiger partial charge in [0.2, 0.25) is 0 Å². The highest BCUT2D eigenvalue weighted by atomic mass is 16.1. The maximum absolute atomic E-state index is 11.8. The minimum atomic E-state index is 0.00938. The van der Waals surface area contributed by atoms with Gasteiger partial charge in [-0.2, -0.15) is 0 Å². The normalized spacial score (nSPS) is 20.2. The summed E-state index contributed by atoms with van der Waals surface area (Å²) in [7, 11) is 0. The van der Waals surface area contributed by atoms with Crippen LogP contribution in [0.2, 0.25) is 0 Å². The fraction of sp³-hybridized carbons (Fsp3) is 0.750. The molecule has 0 bridgehead atoms. The van der Waals surface area contributed by atoms with Crippen LogP contribution in [0.5, 0.6) is 0 Å². The Balaban J connectivity index is 2.42. The SMILES string of the molecule is C=C(C)CCC(=O)C1(C)CCCC1. The summed E-state index contributed by atoms with van der Waals surface area (Å²) in [6.45, 7) is 7.94. The number of rotatable bonds is 4. The van der Waals surface area contributed by atoms with Crippen LogP contribution in [0.15, 0.2) is 12.2 Å². The minimum absolute atomic E-state index is 0.00938. The van der Waals surface area contributed by atoms with Crippen molar-refractivity contribution in [1.29, 1.82) is 0 Å². The average molecular weight is 180 g/mol. The number of hydrogen-bond donors (Lipinski definition) is 0. The van der Waals surface area contributed by atoms with E-state index >= 15 is 0 Å². The van der Waals surface area contributed by atoms with Crippen LogP contribution >= 0.6 is 0 Å². The van der Waals surface area contributed by atoms with E-state index in [1.54, 1.807) is 0 Å². The monoisotopic (exact) mass is 180 g/mol. The van der Waals surface area contributed by atoms with Crippen LogP contribution in [-0.2, 0) is 4.79 Å². The molecule has 1 rings (SSSR count).